The first kappa shape index (κ1) is 15.6. The van der Waals surface area contributed by atoms with Crippen molar-refractivity contribution in [3.63, 3.8) is 0 Å². The number of urea groups is 1. The maximum atomic E-state index is 12.6. The zero-order chi connectivity index (χ0) is 17.4. The molecular weight excluding hydrogens is 320 g/mol. The largest absolute Gasteiger partial charge is 0.334 e. The Hall–Kier alpha value is -2.96. The number of nitrogens with zero attached hydrogens (tertiary/aromatic N) is 4. The molecule has 0 radical (unpaired) electrons. The number of carbonyl (C=O) groups is 3. The Kier molecular flexibility index (Phi) is 3.83. The predicted molar refractivity (Wildman–Crippen MR) is 88.6 cm³/mol. The lowest BCUT2D eigenvalue weighted by atomic mass is 10.2. The molecule has 2 heterocycles. The number of imide groups is 2. The van der Waals surface area contributed by atoms with Gasteiger partial charge in [-0.3, -0.25) is 14.5 Å². The number of aromatic nitrogens is 2. The molecule has 128 valence electrons. The van der Waals surface area contributed by atoms with Crippen LogP contribution in [0.1, 0.15) is 31.4 Å². The van der Waals surface area contributed by atoms with Gasteiger partial charge >= 0.3 is 17.8 Å². The monoisotopic (exact) mass is 338 g/mol. The van der Waals surface area contributed by atoms with E-state index in [-0.39, 0.29) is 12.6 Å². The molecule has 2 aliphatic rings. The van der Waals surface area contributed by atoms with Crippen LogP contribution in [0.4, 0.5) is 4.79 Å². The summed E-state index contributed by atoms with van der Waals surface area (Å²) in [6, 6.07) is 10.6. The second-order valence-corrected chi connectivity index (χ2v) is 6.37. The summed E-state index contributed by atoms with van der Waals surface area (Å²) < 4.78 is 1.68. The Morgan fingerprint density at radius 2 is 1.68 bits per heavy atom. The van der Waals surface area contributed by atoms with Gasteiger partial charge in [0.2, 0.25) is 0 Å². The van der Waals surface area contributed by atoms with Crippen LogP contribution in [-0.2, 0) is 16.1 Å². The van der Waals surface area contributed by atoms with Gasteiger partial charge in [-0.1, -0.05) is 31.0 Å². The van der Waals surface area contributed by atoms with Crippen molar-refractivity contribution >= 4 is 17.8 Å². The van der Waals surface area contributed by atoms with Gasteiger partial charge in [-0.05, 0) is 31.0 Å². The van der Waals surface area contributed by atoms with Crippen LogP contribution in [0.3, 0.4) is 0 Å². The minimum absolute atomic E-state index is 0.00641. The van der Waals surface area contributed by atoms with E-state index in [1.807, 2.05) is 30.3 Å². The number of amides is 4. The van der Waals surface area contributed by atoms with Crippen molar-refractivity contribution in [1.29, 1.82) is 0 Å². The average molecular weight is 338 g/mol. The lowest BCUT2D eigenvalue weighted by Gasteiger charge is -2.20. The fourth-order valence-electron chi connectivity index (χ4n) is 3.48. The fraction of sp³-hybridized carbons (Fsp3) is 0.333. The highest BCUT2D eigenvalue weighted by Gasteiger charge is 2.48. The highest BCUT2D eigenvalue weighted by Crippen LogP contribution is 2.28. The van der Waals surface area contributed by atoms with E-state index in [9.17, 15) is 14.4 Å². The summed E-state index contributed by atoms with van der Waals surface area (Å²) in [4.78, 5) is 39.2. The normalized spacial score (nSPS) is 18.6. The van der Waals surface area contributed by atoms with Gasteiger partial charge in [-0.25, -0.2) is 14.4 Å². The molecule has 0 atom stereocenters. The van der Waals surface area contributed by atoms with Crippen LogP contribution >= 0.6 is 0 Å². The van der Waals surface area contributed by atoms with Gasteiger partial charge in [0.15, 0.2) is 0 Å². The van der Waals surface area contributed by atoms with Crippen LogP contribution in [0.15, 0.2) is 42.6 Å². The van der Waals surface area contributed by atoms with Crippen molar-refractivity contribution in [2.24, 2.45) is 0 Å². The molecular formula is C18H18N4O3. The number of rotatable bonds is 4. The molecule has 1 aromatic heterocycles. The molecule has 2 aromatic rings. The van der Waals surface area contributed by atoms with Crippen molar-refractivity contribution in [1.82, 2.24) is 19.6 Å². The molecule has 1 aromatic carbocycles. The number of benzene rings is 1. The Labute approximate surface area is 144 Å². The molecule has 0 bridgehead atoms. The van der Waals surface area contributed by atoms with Crippen LogP contribution in [0, 0.1) is 0 Å². The Morgan fingerprint density at radius 1 is 0.960 bits per heavy atom. The van der Waals surface area contributed by atoms with Gasteiger partial charge < -0.3 is 0 Å². The summed E-state index contributed by atoms with van der Waals surface area (Å²) in [6.45, 7) is 0.00641. The summed E-state index contributed by atoms with van der Waals surface area (Å²) >= 11 is 0. The Morgan fingerprint density at radius 3 is 2.40 bits per heavy atom. The van der Waals surface area contributed by atoms with E-state index in [0.29, 0.717) is 5.69 Å². The zero-order valence-electron chi connectivity index (χ0n) is 13.7. The van der Waals surface area contributed by atoms with E-state index in [0.717, 1.165) is 41.2 Å². The van der Waals surface area contributed by atoms with E-state index < -0.39 is 17.8 Å². The predicted octanol–water partition coefficient (Wildman–Crippen LogP) is 2.11. The van der Waals surface area contributed by atoms with Crippen molar-refractivity contribution in [3.8, 4) is 5.69 Å². The van der Waals surface area contributed by atoms with Crippen molar-refractivity contribution in [3.05, 3.63) is 48.3 Å². The first-order chi connectivity index (χ1) is 12.1. The van der Waals surface area contributed by atoms with Crippen LogP contribution in [0.2, 0.25) is 0 Å². The minimum Gasteiger partial charge on any atom is -0.263 e. The second-order valence-electron chi connectivity index (χ2n) is 6.37. The van der Waals surface area contributed by atoms with E-state index in [1.54, 1.807) is 16.9 Å². The number of para-hydroxylation sites is 1. The van der Waals surface area contributed by atoms with Crippen LogP contribution < -0.4 is 0 Å². The van der Waals surface area contributed by atoms with Gasteiger partial charge in [-0.15, -0.1) is 0 Å². The van der Waals surface area contributed by atoms with E-state index in [4.69, 9.17) is 0 Å². The van der Waals surface area contributed by atoms with Crippen molar-refractivity contribution in [2.75, 3.05) is 0 Å². The molecule has 7 nitrogen and oxygen atoms in total. The van der Waals surface area contributed by atoms with Crippen molar-refractivity contribution < 1.29 is 14.4 Å². The molecule has 2 fully saturated rings. The quantitative estimate of drug-likeness (QED) is 0.632. The third-order valence-electron chi connectivity index (χ3n) is 4.76. The van der Waals surface area contributed by atoms with E-state index in [1.165, 1.54) is 0 Å². The standard InChI is InChI=1S/C18H18N4O3/c23-16-17(24)22(15-8-4-5-9-15)18(25)20(16)12-13-10-11-21(19-13)14-6-2-1-3-7-14/h1-3,6-7,10-11,15H,4-5,8-9,12H2. The molecule has 0 unspecified atom stereocenters. The summed E-state index contributed by atoms with van der Waals surface area (Å²) in [6.07, 6.45) is 5.30. The third kappa shape index (κ3) is 2.71. The molecule has 0 spiro atoms. The summed E-state index contributed by atoms with van der Waals surface area (Å²) in [5.74, 6) is -1.47. The van der Waals surface area contributed by atoms with Gasteiger partial charge in [-0.2, -0.15) is 5.10 Å². The molecule has 1 saturated heterocycles. The summed E-state index contributed by atoms with van der Waals surface area (Å²) in [7, 11) is 0. The Bertz CT molecular complexity index is 824. The highest BCUT2D eigenvalue weighted by molar-refractivity contribution is 6.44. The third-order valence-corrected chi connectivity index (χ3v) is 4.76. The SMILES string of the molecule is O=C1C(=O)N(C2CCCC2)C(=O)N1Cc1ccn(-c2ccccc2)n1. The minimum atomic E-state index is -0.758. The molecule has 25 heavy (non-hydrogen) atoms. The van der Waals surface area contributed by atoms with Gasteiger partial charge in [0.25, 0.3) is 0 Å². The second kappa shape index (κ2) is 6.16. The van der Waals surface area contributed by atoms with E-state index >= 15 is 0 Å². The lowest BCUT2D eigenvalue weighted by Crippen LogP contribution is -2.39. The smallest absolute Gasteiger partial charge is 0.263 e. The molecule has 0 N–H and O–H groups in total. The summed E-state index contributed by atoms with van der Waals surface area (Å²) in [5, 5.41) is 4.40. The number of hydrogen-bond acceptors (Lipinski definition) is 4. The first-order valence-electron chi connectivity index (χ1n) is 8.44. The number of hydrogen-bond donors (Lipinski definition) is 0. The Balaban J connectivity index is 1.53. The first-order valence-corrected chi connectivity index (χ1v) is 8.44. The fourth-order valence-corrected chi connectivity index (χ4v) is 3.48. The van der Waals surface area contributed by atoms with Crippen LogP contribution in [-0.4, -0.2) is 43.5 Å². The zero-order valence-corrected chi connectivity index (χ0v) is 13.7. The topological polar surface area (TPSA) is 75.5 Å². The number of carbonyl (C=O) groups excluding carboxylic acids is 3. The lowest BCUT2D eigenvalue weighted by molar-refractivity contribution is -0.144. The molecule has 1 aliphatic carbocycles. The average Bonchev–Trinajstić information content (AvgIpc) is 3.35. The van der Waals surface area contributed by atoms with Crippen molar-refractivity contribution in [2.45, 2.75) is 38.3 Å². The van der Waals surface area contributed by atoms with Crippen LogP contribution in [0.5, 0.6) is 0 Å². The van der Waals surface area contributed by atoms with Gasteiger partial charge in [0.05, 0.1) is 17.9 Å². The molecule has 4 rings (SSSR count). The van der Waals surface area contributed by atoms with E-state index in [2.05, 4.69) is 5.10 Å². The highest BCUT2D eigenvalue weighted by atomic mass is 16.2. The van der Waals surface area contributed by atoms with Crippen LogP contribution in [0.25, 0.3) is 5.69 Å². The molecule has 1 aliphatic heterocycles. The molecule has 1 saturated carbocycles. The maximum absolute atomic E-state index is 12.6. The van der Waals surface area contributed by atoms with Gasteiger partial charge in [0.1, 0.15) is 0 Å². The molecule has 7 heteroatoms. The summed E-state index contributed by atoms with van der Waals surface area (Å²) in [5.41, 5.74) is 1.45. The van der Waals surface area contributed by atoms with Gasteiger partial charge in [0, 0.05) is 12.2 Å². The maximum Gasteiger partial charge on any atom is 0.334 e. The molecule has 4 amide bonds.